The zero-order valence-corrected chi connectivity index (χ0v) is 11.6. The first kappa shape index (κ1) is 13.6. The van der Waals surface area contributed by atoms with Gasteiger partial charge in [0, 0.05) is 11.9 Å². The van der Waals surface area contributed by atoms with Crippen molar-refractivity contribution in [3.8, 4) is 0 Å². The number of anilines is 2. The lowest BCUT2D eigenvalue weighted by Crippen LogP contribution is -1.95. The van der Waals surface area contributed by atoms with Crippen LogP contribution in [0.4, 0.5) is 11.5 Å². The predicted octanol–water partition coefficient (Wildman–Crippen LogP) is 4.95. The quantitative estimate of drug-likeness (QED) is 0.707. The van der Waals surface area contributed by atoms with E-state index >= 15 is 0 Å². The maximum absolute atomic E-state index is 4.37. The average molecular weight is 254 g/mol. The summed E-state index contributed by atoms with van der Waals surface area (Å²) in [5.41, 5.74) is 2.45. The summed E-state index contributed by atoms with van der Waals surface area (Å²) >= 11 is 0. The van der Waals surface area contributed by atoms with E-state index in [4.69, 9.17) is 0 Å². The van der Waals surface area contributed by atoms with Crippen molar-refractivity contribution >= 4 is 11.5 Å². The molecule has 100 valence electrons. The number of pyridine rings is 1. The Labute approximate surface area is 115 Å². The third kappa shape index (κ3) is 4.74. The van der Waals surface area contributed by atoms with E-state index in [0.29, 0.717) is 0 Å². The van der Waals surface area contributed by atoms with E-state index < -0.39 is 0 Å². The van der Waals surface area contributed by atoms with E-state index in [-0.39, 0.29) is 0 Å². The smallest absolute Gasteiger partial charge is 0.130 e. The van der Waals surface area contributed by atoms with Gasteiger partial charge >= 0.3 is 0 Å². The molecule has 0 bridgehead atoms. The fraction of sp³-hybridized carbons (Fsp3) is 0.353. The topological polar surface area (TPSA) is 24.9 Å². The van der Waals surface area contributed by atoms with Gasteiger partial charge in [0.25, 0.3) is 0 Å². The molecule has 2 aromatic rings. The van der Waals surface area contributed by atoms with Crippen LogP contribution in [0.15, 0.2) is 48.7 Å². The maximum atomic E-state index is 4.37. The third-order valence-corrected chi connectivity index (χ3v) is 3.19. The van der Waals surface area contributed by atoms with Gasteiger partial charge in [-0.3, -0.25) is 0 Å². The Morgan fingerprint density at radius 3 is 2.63 bits per heavy atom. The molecular weight excluding hydrogens is 232 g/mol. The molecule has 0 saturated carbocycles. The van der Waals surface area contributed by atoms with Gasteiger partial charge < -0.3 is 5.32 Å². The Hall–Kier alpha value is -1.83. The van der Waals surface area contributed by atoms with Crippen LogP contribution in [-0.4, -0.2) is 4.98 Å². The standard InChI is InChI=1S/C17H22N2/c1-2-3-4-6-9-15-12-13-18-17(14-15)19-16-10-7-5-8-11-16/h5,7-8,10-14H,2-4,6,9H2,1H3,(H,18,19). The second kappa shape index (κ2) is 7.57. The van der Waals surface area contributed by atoms with Gasteiger partial charge in [0.2, 0.25) is 0 Å². The highest BCUT2D eigenvalue weighted by Crippen LogP contribution is 2.16. The molecule has 1 aromatic carbocycles. The summed E-state index contributed by atoms with van der Waals surface area (Å²) in [6, 6.07) is 14.4. The minimum Gasteiger partial charge on any atom is -0.340 e. The van der Waals surface area contributed by atoms with E-state index in [0.717, 1.165) is 17.9 Å². The Morgan fingerprint density at radius 1 is 1.00 bits per heavy atom. The Balaban J connectivity index is 1.91. The minimum absolute atomic E-state index is 0.930. The fourth-order valence-corrected chi connectivity index (χ4v) is 2.12. The van der Waals surface area contributed by atoms with Crippen molar-refractivity contribution in [1.82, 2.24) is 4.98 Å². The number of nitrogens with zero attached hydrogens (tertiary/aromatic N) is 1. The minimum atomic E-state index is 0.930. The van der Waals surface area contributed by atoms with Crippen LogP contribution in [0.2, 0.25) is 0 Å². The second-order valence-corrected chi connectivity index (χ2v) is 4.85. The van der Waals surface area contributed by atoms with Gasteiger partial charge in [-0.05, 0) is 42.7 Å². The first-order valence-corrected chi connectivity index (χ1v) is 7.15. The summed E-state index contributed by atoms with van der Waals surface area (Å²) in [5.74, 6) is 0.930. The van der Waals surface area contributed by atoms with Gasteiger partial charge in [0.15, 0.2) is 0 Å². The SMILES string of the molecule is CCCCCCc1ccnc(Nc2ccccc2)c1. The molecule has 0 atom stereocenters. The first-order chi connectivity index (χ1) is 9.38. The highest BCUT2D eigenvalue weighted by atomic mass is 15.0. The Kier molecular flexibility index (Phi) is 5.42. The van der Waals surface area contributed by atoms with Crippen LogP contribution < -0.4 is 5.32 Å². The number of rotatable bonds is 7. The summed E-state index contributed by atoms with van der Waals surface area (Å²) in [4.78, 5) is 4.37. The molecule has 0 spiro atoms. The lowest BCUT2D eigenvalue weighted by Gasteiger charge is -2.07. The number of hydrogen-bond donors (Lipinski definition) is 1. The summed E-state index contributed by atoms with van der Waals surface area (Å²) in [6.07, 6.45) is 8.24. The third-order valence-electron chi connectivity index (χ3n) is 3.19. The number of hydrogen-bond acceptors (Lipinski definition) is 2. The van der Waals surface area contributed by atoms with E-state index in [2.05, 4.69) is 41.5 Å². The first-order valence-electron chi connectivity index (χ1n) is 7.15. The van der Waals surface area contributed by atoms with Crippen LogP contribution >= 0.6 is 0 Å². The molecule has 0 saturated heterocycles. The van der Waals surface area contributed by atoms with Crippen molar-refractivity contribution in [1.29, 1.82) is 0 Å². The molecule has 1 N–H and O–H groups in total. The summed E-state index contributed by atoms with van der Waals surface area (Å²) in [6.45, 7) is 2.24. The van der Waals surface area contributed by atoms with E-state index in [1.54, 1.807) is 0 Å². The molecule has 2 rings (SSSR count). The van der Waals surface area contributed by atoms with Gasteiger partial charge in [-0.1, -0.05) is 44.4 Å². The number of aromatic nitrogens is 1. The van der Waals surface area contributed by atoms with Crippen molar-refractivity contribution < 1.29 is 0 Å². The van der Waals surface area contributed by atoms with Crippen molar-refractivity contribution in [3.05, 3.63) is 54.2 Å². The van der Waals surface area contributed by atoms with E-state index in [9.17, 15) is 0 Å². The molecule has 0 amide bonds. The molecule has 1 aromatic heterocycles. The highest BCUT2D eigenvalue weighted by Gasteiger charge is 1.98. The Morgan fingerprint density at radius 2 is 1.84 bits per heavy atom. The van der Waals surface area contributed by atoms with E-state index in [1.807, 2.05) is 24.4 Å². The summed E-state index contributed by atoms with van der Waals surface area (Å²) in [7, 11) is 0. The van der Waals surface area contributed by atoms with Crippen LogP contribution in [0.1, 0.15) is 38.2 Å². The number of benzene rings is 1. The number of unbranched alkanes of at least 4 members (excludes halogenated alkanes) is 3. The fourth-order valence-electron chi connectivity index (χ4n) is 2.12. The van der Waals surface area contributed by atoms with Gasteiger partial charge in [0.05, 0.1) is 0 Å². The molecule has 2 nitrogen and oxygen atoms in total. The summed E-state index contributed by atoms with van der Waals surface area (Å²) < 4.78 is 0. The molecule has 1 heterocycles. The lowest BCUT2D eigenvalue weighted by molar-refractivity contribution is 0.666. The predicted molar refractivity (Wildman–Crippen MR) is 81.8 cm³/mol. The second-order valence-electron chi connectivity index (χ2n) is 4.85. The number of para-hydroxylation sites is 1. The largest absolute Gasteiger partial charge is 0.340 e. The highest BCUT2D eigenvalue weighted by molar-refractivity contribution is 5.56. The van der Waals surface area contributed by atoms with Crippen LogP contribution in [0.3, 0.4) is 0 Å². The molecular formula is C17H22N2. The molecule has 0 radical (unpaired) electrons. The van der Waals surface area contributed by atoms with Crippen molar-refractivity contribution in [2.24, 2.45) is 0 Å². The number of aryl methyl sites for hydroxylation is 1. The van der Waals surface area contributed by atoms with Gasteiger partial charge in [0.1, 0.15) is 5.82 Å². The molecule has 0 aliphatic heterocycles. The molecule has 0 unspecified atom stereocenters. The monoisotopic (exact) mass is 254 g/mol. The molecule has 0 aliphatic carbocycles. The molecule has 2 heteroatoms. The normalized spacial score (nSPS) is 10.4. The van der Waals surface area contributed by atoms with Crippen molar-refractivity contribution in [2.45, 2.75) is 39.0 Å². The van der Waals surface area contributed by atoms with Crippen LogP contribution in [-0.2, 0) is 6.42 Å². The number of nitrogens with one attached hydrogen (secondary N) is 1. The van der Waals surface area contributed by atoms with Crippen LogP contribution in [0, 0.1) is 0 Å². The van der Waals surface area contributed by atoms with Gasteiger partial charge in [-0.25, -0.2) is 4.98 Å². The van der Waals surface area contributed by atoms with Crippen molar-refractivity contribution in [2.75, 3.05) is 5.32 Å². The average Bonchev–Trinajstić information content (AvgIpc) is 2.45. The molecule has 0 aliphatic rings. The molecule has 19 heavy (non-hydrogen) atoms. The lowest BCUT2D eigenvalue weighted by atomic mass is 10.1. The van der Waals surface area contributed by atoms with Crippen molar-refractivity contribution in [3.63, 3.8) is 0 Å². The zero-order valence-electron chi connectivity index (χ0n) is 11.6. The summed E-state index contributed by atoms with van der Waals surface area (Å²) in [5, 5.41) is 3.33. The van der Waals surface area contributed by atoms with Gasteiger partial charge in [-0.2, -0.15) is 0 Å². The Bertz CT molecular complexity index is 480. The van der Waals surface area contributed by atoms with Crippen LogP contribution in [0.5, 0.6) is 0 Å². The van der Waals surface area contributed by atoms with Crippen LogP contribution in [0.25, 0.3) is 0 Å². The van der Waals surface area contributed by atoms with Gasteiger partial charge in [-0.15, -0.1) is 0 Å². The maximum Gasteiger partial charge on any atom is 0.130 e. The van der Waals surface area contributed by atoms with E-state index in [1.165, 1.54) is 31.2 Å². The zero-order chi connectivity index (χ0) is 13.3. The molecule has 0 fully saturated rings.